The van der Waals surface area contributed by atoms with E-state index in [2.05, 4.69) is 33.8 Å². The van der Waals surface area contributed by atoms with E-state index in [1.807, 2.05) is 6.92 Å². The summed E-state index contributed by atoms with van der Waals surface area (Å²) in [6.07, 6.45) is 5.61. The zero-order chi connectivity index (χ0) is 20.7. The third-order valence-electron chi connectivity index (χ3n) is 6.26. The molecule has 0 spiro atoms. The predicted octanol–water partition coefficient (Wildman–Crippen LogP) is 5.92. The SMILES string of the molecule is CC(=O)Oc1c(C)c2c3c(c1OC(C)=O)[C@@H](C)CCC3[C@@H](C)C[C@@H]2C=C(C)C. The Hall–Kier alpha value is -2.10. The van der Waals surface area contributed by atoms with Crippen LogP contribution in [0.1, 0.15) is 101 Å². The third kappa shape index (κ3) is 3.61. The molecule has 0 aliphatic heterocycles. The molecule has 2 aliphatic rings. The molecule has 4 atom stereocenters. The Morgan fingerprint density at radius 1 is 0.893 bits per heavy atom. The molecule has 0 N–H and O–H groups in total. The monoisotopic (exact) mass is 384 g/mol. The lowest BCUT2D eigenvalue weighted by Crippen LogP contribution is -2.29. The van der Waals surface area contributed by atoms with Crippen LogP contribution in [0.4, 0.5) is 0 Å². The molecule has 1 aromatic carbocycles. The fraction of sp³-hybridized carbons (Fsp3) is 0.583. The summed E-state index contributed by atoms with van der Waals surface area (Å²) >= 11 is 0. The molecule has 0 amide bonds. The second-order valence-corrected chi connectivity index (χ2v) is 8.86. The molecule has 0 radical (unpaired) electrons. The molecule has 0 saturated heterocycles. The number of hydrogen-bond donors (Lipinski definition) is 0. The van der Waals surface area contributed by atoms with Gasteiger partial charge in [-0.25, -0.2) is 0 Å². The standard InChI is InChI=1S/C24H32O4/c1-12(2)10-18-11-14(4)19-9-8-13(3)20-22(19)21(18)15(5)23(27-16(6)25)24(20)28-17(7)26/h10,13-14,18-19H,8-9,11H2,1-7H3/t13-,14-,18-,19?/m0/s1. The van der Waals surface area contributed by atoms with Crippen LogP contribution < -0.4 is 9.47 Å². The van der Waals surface area contributed by atoms with E-state index in [4.69, 9.17) is 9.47 Å². The maximum Gasteiger partial charge on any atom is 0.308 e. The maximum atomic E-state index is 11.9. The summed E-state index contributed by atoms with van der Waals surface area (Å²) in [7, 11) is 0. The first-order valence-corrected chi connectivity index (χ1v) is 10.3. The quantitative estimate of drug-likeness (QED) is 0.369. The minimum absolute atomic E-state index is 0.256. The van der Waals surface area contributed by atoms with Crippen LogP contribution in [0.15, 0.2) is 11.6 Å². The summed E-state index contributed by atoms with van der Waals surface area (Å²) in [5, 5.41) is 0. The Morgan fingerprint density at radius 3 is 2.07 bits per heavy atom. The van der Waals surface area contributed by atoms with Gasteiger partial charge in [0.05, 0.1) is 0 Å². The fourth-order valence-corrected chi connectivity index (χ4v) is 5.29. The first-order valence-electron chi connectivity index (χ1n) is 10.3. The van der Waals surface area contributed by atoms with E-state index in [9.17, 15) is 9.59 Å². The molecule has 3 rings (SSSR count). The topological polar surface area (TPSA) is 52.6 Å². The molecule has 0 aromatic heterocycles. The summed E-state index contributed by atoms with van der Waals surface area (Å²) in [6.45, 7) is 13.6. The second-order valence-electron chi connectivity index (χ2n) is 8.86. The van der Waals surface area contributed by atoms with Gasteiger partial charge in [-0.1, -0.05) is 25.5 Å². The number of carbonyl (C=O) groups excluding carboxylic acids is 2. The van der Waals surface area contributed by atoms with Crippen molar-refractivity contribution in [1.29, 1.82) is 0 Å². The van der Waals surface area contributed by atoms with Crippen molar-refractivity contribution in [2.75, 3.05) is 0 Å². The Kier molecular flexibility index (Phi) is 5.69. The predicted molar refractivity (Wildman–Crippen MR) is 110 cm³/mol. The van der Waals surface area contributed by atoms with Gasteiger partial charge >= 0.3 is 11.9 Å². The van der Waals surface area contributed by atoms with Crippen LogP contribution in [0.25, 0.3) is 0 Å². The summed E-state index contributed by atoms with van der Waals surface area (Å²) in [5.41, 5.74) is 5.90. The van der Waals surface area contributed by atoms with Crippen molar-refractivity contribution in [2.45, 2.75) is 85.5 Å². The molecule has 0 fully saturated rings. The van der Waals surface area contributed by atoms with Gasteiger partial charge in [0.15, 0.2) is 11.5 Å². The Morgan fingerprint density at radius 2 is 1.50 bits per heavy atom. The molecular formula is C24H32O4. The molecule has 28 heavy (non-hydrogen) atoms. The molecule has 1 unspecified atom stereocenters. The van der Waals surface area contributed by atoms with Crippen molar-refractivity contribution < 1.29 is 19.1 Å². The van der Waals surface area contributed by atoms with Gasteiger partial charge in [0.2, 0.25) is 0 Å². The summed E-state index contributed by atoms with van der Waals surface area (Å²) in [4.78, 5) is 23.8. The van der Waals surface area contributed by atoms with Gasteiger partial charge in [0, 0.05) is 25.3 Å². The first-order chi connectivity index (χ1) is 13.1. The van der Waals surface area contributed by atoms with E-state index in [1.54, 1.807) is 0 Å². The van der Waals surface area contributed by atoms with Gasteiger partial charge in [0.25, 0.3) is 0 Å². The zero-order valence-corrected chi connectivity index (χ0v) is 18.1. The average Bonchev–Trinajstić information content (AvgIpc) is 2.56. The maximum absolute atomic E-state index is 11.9. The first kappa shape index (κ1) is 20.6. The van der Waals surface area contributed by atoms with Crippen molar-refractivity contribution in [3.05, 3.63) is 33.9 Å². The normalized spacial score (nSPS) is 25.5. The van der Waals surface area contributed by atoms with E-state index in [1.165, 1.54) is 30.5 Å². The van der Waals surface area contributed by atoms with Crippen LogP contribution in [0, 0.1) is 12.8 Å². The second kappa shape index (κ2) is 7.73. The smallest absolute Gasteiger partial charge is 0.308 e. The van der Waals surface area contributed by atoms with Crippen LogP contribution >= 0.6 is 0 Å². The Labute approximate surface area is 168 Å². The lowest BCUT2D eigenvalue weighted by Gasteiger charge is -2.43. The number of ether oxygens (including phenoxy) is 2. The number of benzene rings is 1. The minimum Gasteiger partial charge on any atom is -0.422 e. The summed E-state index contributed by atoms with van der Waals surface area (Å²) < 4.78 is 11.3. The number of carbonyl (C=O) groups is 2. The molecule has 0 bridgehead atoms. The largest absolute Gasteiger partial charge is 0.422 e. The van der Waals surface area contributed by atoms with Gasteiger partial charge in [-0.15, -0.1) is 0 Å². The third-order valence-corrected chi connectivity index (χ3v) is 6.26. The molecule has 1 aromatic rings. The van der Waals surface area contributed by atoms with E-state index < -0.39 is 5.97 Å². The fourth-order valence-electron chi connectivity index (χ4n) is 5.29. The van der Waals surface area contributed by atoms with Crippen LogP contribution in [0.3, 0.4) is 0 Å². The Bertz CT molecular complexity index is 845. The van der Waals surface area contributed by atoms with Gasteiger partial charge < -0.3 is 9.47 Å². The lowest BCUT2D eigenvalue weighted by atomic mass is 9.62. The summed E-state index contributed by atoms with van der Waals surface area (Å²) in [5.74, 6) is 1.66. The van der Waals surface area contributed by atoms with E-state index >= 15 is 0 Å². The van der Waals surface area contributed by atoms with E-state index in [0.717, 1.165) is 30.4 Å². The number of esters is 2. The zero-order valence-electron chi connectivity index (χ0n) is 18.1. The van der Waals surface area contributed by atoms with E-state index in [0.29, 0.717) is 23.3 Å². The van der Waals surface area contributed by atoms with Crippen LogP contribution in [0.2, 0.25) is 0 Å². The summed E-state index contributed by atoms with van der Waals surface area (Å²) in [6, 6.07) is 0. The minimum atomic E-state index is -0.397. The Balaban J connectivity index is 2.39. The highest BCUT2D eigenvalue weighted by Gasteiger charge is 2.42. The van der Waals surface area contributed by atoms with Crippen molar-refractivity contribution in [3.63, 3.8) is 0 Å². The van der Waals surface area contributed by atoms with Gasteiger partial charge in [-0.2, -0.15) is 0 Å². The highest BCUT2D eigenvalue weighted by Crippen LogP contribution is 2.58. The molecule has 152 valence electrons. The molecule has 0 saturated carbocycles. The lowest BCUT2D eigenvalue weighted by molar-refractivity contribution is -0.134. The van der Waals surface area contributed by atoms with Crippen LogP contribution in [-0.4, -0.2) is 11.9 Å². The number of hydrogen-bond acceptors (Lipinski definition) is 4. The van der Waals surface area contributed by atoms with Crippen molar-refractivity contribution in [2.24, 2.45) is 5.92 Å². The van der Waals surface area contributed by atoms with Crippen molar-refractivity contribution in [1.82, 2.24) is 0 Å². The number of rotatable bonds is 3. The van der Waals surface area contributed by atoms with Crippen LogP contribution in [-0.2, 0) is 9.59 Å². The van der Waals surface area contributed by atoms with Crippen molar-refractivity contribution in [3.8, 4) is 11.5 Å². The van der Waals surface area contributed by atoms with E-state index in [-0.39, 0.29) is 17.8 Å². The average molecular weight is 385 g/mol. The molecule has 4 nitrogen and oxygen atoms in total. The molecule has 2 aliphatic carbocycles. The highest BCUT2D eigenvalue weighted by molar-refractivity contribution is 5.77. The highest BCUT2D eigenvalue weighted by atomic mass is 16.6. The van der Waals surface area contributed by atoms with Gasteiger partial charge in [-0.3, -0.25) is 9.59 Å². The van der Waals surface area contributed by atoms with Crippen LogP contribution in [0.5, 0.6) is 11.5 Å². The molecule has 0 heterocycles. The number of allylic oxidation sites excluding steroid dienone is 2. The molecular weight excluding hydrogens is 352 g/mol. The van der Waals surface area contributed by atoms with Gasteiger partial charge in [-0.05, 0) is 74.5 Å². The molecule has 4 heteroatoms. The van der Waals surface area contributed by atoms with Gasteiger partial charge in [0.1, 0.15) is 0 Å². The van der Waals surface area contributed by atoms with Crippen molar-refractivity contribution >= 4 is 11.9 Å².